The van der Waals surface area contributed by atoms with Crippen LogP contribution in [0, 0.1) is 0 Å². The maximum absolute atomic E-state index is 13.1. The van der Waals surface area contributed by atoms with Crippen molar-refractivity contribution in [2.45, 2.75) is 22.1 Å². The van der Waals surface area contributed by atoms with Crippen molar-refractivity contribution in [1.82, 2.24) is 10.3 Å². The van der Waals surface area contributed by atoms with Crippen molar-refractivity contribution < 1.29 is 14.7 Å². The lowest BCUT2D eigenvalue weighted by molar-refractivity contribution is -0.133. The van der Waals surface area contributed by atoms with Gasteiger partial charge in [-0.3, -0.25) is 9.59 Å². The lowest BCUT2D eigenvalue weighted by Crippen LogP contribution is -2.58. The van der Waals surface area contributed by atoms with Gasteiger partial charge in [0.2, 0.25) is 5.91 Å². The van der Waals surface area contributed by atoms with Crippen LogP contribution < -0.4 is 5.32 Å². The number of benzene rings is 1. The van der Waals surface area contributed by atoms with Crippen LogP contribution in [0.5, 0.6) is 5.75 Å². The first-order chi connectivity index (χ1) is 13.5. The van der Waals surface area contributed by atoms with Crippen LogP contribution in [-0.4, -0.2) is 27.0 Å². The number of nitrogens with one attached hydrogen (secondary N) is 1. The number of thioether (sulfide) groups is 1. The number of halogens is 1. The first-order valence-corrected chi connectivity index (χ1v) is 11.1. The van der Waals surface area contributed by atoms with E-state index in [1.54, 1.807) is 24.3 Å². The van der Waals surface area contributed by atoms with Crippen LogP contribution in [-0.2, 0) is 15.1 Å². The smallest absolute Gasteiger partial charge is 0.242 e. The van der Waals surface area contributed by atoms with Gasteiger partial charge in [0, 0.05) is 6.42 Å². The number of ketones is 1. The molecule has 142 valence electrons. The highest BCUT2D eigenvalue weighted by Crippen LogP contribution is 2.41. The monoisotopic (exact) mass is 474 g/mol. The van der Waals surface area contributed by atoms with E-state index in [1.807, 2.05) is 29.0 Å². The molecule has 8 heteroatoms. The summed E-state index contributed by atoms with van der Waals surface area (Å²) in [5.74, 6) is -0.543. The van der Waals surface area contributed by atoms with Crippen molar-refractivity contribution >= 4 is 50.7 Å². The number of hydrogen-bond acceptors (Lipinski definition) is 6. The van der Waals surface area contributed by atoms with Gasteiger partial charge >= 0.3 is 0 Å². The summed E-state index contributed by atoms with van der Waals surface area (Å²) < 4.78 is 0.631. The van der Waals surface area contributed by atoms with Gasteiger partial charge in [-0.1, -0.05) is 18.2 Å². The van der Waals surface area contributed by atoms with Gasteiger partial charge in [-0.25, -0.2) is 4.98 Å². The number of amides is 1. The highest BCUT2D eigenvalue weighted by Gasteiger charge is 2.48. The summed E-state index contributed by atoms with van der Waals surface area (Å²) in [5.41, 5.74) is 0.428. The van der Waals surface area contributed by atoms with E-state index in [0.717, 1.165) is 17.3 Å². The van der Waals surface area contributed by atoms with Crippen molar-refractivity contribution in [1.29, 1.82) is 0 Å². The number of phenolic OH excluding ortho intramolecular Hbond substituents is 1. The Labute approximate surface area is 178 Å². The molecule has 1 aliphatic heterocycles. The normalized spacial score (nSPS) is 22.1. The fraction of sp³-hybridized carbons (Fsp3) is 0.150. The van der Waals surface area contributed by atoms with Crippen molar-refractivity contribution in [3.8, 4) is 5.75 Å². The molecule has 0 aliphatic carbocycles. The maximum atomic E-state index is 13.1. The molecule has 2 atom stereocenters. The topological polar surface area (TPSA) is 79.3 Å². The van der Waals surface area contributed by atoms with E-state index in [0.29, 0.717) is 15.2 Å². The number of aromatic nitrogens is 1. The molecular formula is C20H15BrN2O3S2. The molecule has 2 unspecified atom stereocenters. The van der Waals surface area contributed by atoms with Gasteiger partial charge in [-0.05, 0) is 62.6 Å². The molecule has 5 nitrogen and oxygen atoms in total. The van der Waals surface area contributed by atoms with Crippen molar-refractivity contribution in [2.24, 2.45) is 0 Å². The molecule has 1 aromatic carbocycles. The Morgan fingerprint density at radius 1 is 1.18 bits per heavy atom. The quantitative estimate of drug-likeness (QED) is 0.439. The first kappa shape index (κ1) is 19.2. The molecule has 0 bridgehead atoms. The number of piperidine rings is 1. The first-order valence-electron chi connectivity index (χ1n) is 8.45. The van der Waals surface area contributed by atoms with Gasteiger partial charge in [0.05, 0.1) is 10.6 Å². The summed E-state index contributed by atoms with van der Waals surface area (Å²) in [7, 11) is 0. The lowest BCUT2D eigenvalue weighted by atomic mass is 9.79. The number of carbonyl (C=O) groups excluding carboxylic acids is 2. The summed E-state index contributed by atoms with van der Waals surface area (Å²) in [4.78, 5) is 31.1. The second-order valence-corrected chi connectivity index (χ2v) is 9.10. The largest absolute Gasteiger partial charge is 0.507 e. The third-order valence-electron chi connectivity index (χ3n) is 4.58. The maximum Gasteiger partial charge on any atom is 0.242 e. The number of rotatable bonds is 4. The van der Waals surface area contributed by atoms with Gasteiger partial charge in [0.25, 0.3) is 0 Å². The van der Waals surface area contributed by atoms with Gasteiger partial charge in [-0.15, -0.1) is 11.8 Å². The van der Waals surface area contributed by atoms with Gasteiger partial charge < -0.3 is 10.4 Å². The van der Waals surface area contributed by atoms with Crippen molar-refractivity contribution in [3.05, 3.63) is 75.2 Å². The van der Waals surface area contributed by atoms with E-state index in [-0.39, 0.29) is 18.0 Å². The minimum atomic E-state index is -1.01. The summed E-state index contributed by atoms with van der Waals surface area (Å²) in [6, 6.07) is 14.0. The molecule has 2 aromatic heterocycles. The zero-order valence-electron chi connectivity index (χ0n) is 14.5. The van der Waals surface area contributed by atoms with Crippen molar-refractivity contribution in [3.63, 3.8) is 0 Å². The van der Waals surface area contributed by atoms with Crippen LogP contribution in [0.15, 0.2) is 68.8 Å². The molecule has 0 saturated carbocycles. The Morgan fingerprint density at radius 3 is 2.68 bits per heavy atom. The number of carbonyl (C=O) groups is 2. The van der Waals surface area contributed by atoms with Crippen LogP contribution in [0.25, 0.3) is 0 Å². The molecule has 28 heavy (non-hydrogen) atoms. The molecule has 1 fully saturated rings. The van der Waals surface area contributed by atoms with E-state index in [2.05, 4.69) is 26.2 Å². The minimum absolute atomic E-state index is 0.0522. The van der Waals surface area contributed by atoms with Gasteiger partial charge in [0.15, 0.2) is 5.78 Å². The molecule has 1 saturated heterocycles. The Hall–Kier alpha value is -2.16. The zero-order chi connectivity index (χ0) is 19.7. The number of Topliss-reactive ketones (excluding diaryl/α,β-unsaturated/α-hetero) is 1. The molecule has 3 heterocycles. The molecule has 2 N–H and O–H groups in total. The SMILES string of the molecule is O=C1CC(c2ccsc2)(c2cccc(Br)n2)NC(=O)C1Sc1ccccc1O. The number of thiophene rings is 1. The van der Waals surface area contributed by atoms with E-state index in [1.165, 1.54) is 17.4 Å². The summed E-state index contributed by atoms with van der Waals surface area (Å²) in [6.45, 7) is 0. The predicted octanol–water partition coefficient (Wildman–Crippen LogP) is 4.10. The third-order valence-corrected chi connectivity index (χ3v) is 7.02. The Balaban J connectivity index is 1.71. The summed E-state index contributed by atoms with van der Waals surface area (Å²) in [6.07, 6.45) is 0.0875. The highest BCUT2D eigenvalue weighted by molar-refractivity contribution is 9.10. The van der Waals surface area contributed by atoms with Crippen LogP contribution in [0.4, 0.5) is 0 Å². The second kappa shape index (κ2) is 7.69. The van der Waals surface area contributed by atoms with Crippen LogP contribution in [0.3, 0.4) is 0 Å². The van der Waals surface area contributed by atoms with Crippen LogP contribution in [0.2, 0.25) is 0 Å². The Bertz CT molecular complexity index is 1020. The molecular weight excluding hydrogens is 460 g/mol. The number of nitrogens with zero attached hydrogens (tertiary/aromatic N) is 1. The van der Waals surface area contributed by atoms with E-state index < -0.39 is 16.7 Å². The highest BCUT2D eigenvalue weighted by atomic mass is 79.9. The van der Waals surface area contributed by atoms with Crippen LogP contribution in [0.1, 0.15) is 17.7 Å². The Kier molecular flexibility index (Phi) is 5.27. The second-order valence-electron chi connectivity index (χ2n) is 6.36. The Morgan fingerprint density at radius 2 is 2.00 bits per heavy atom. The van der Waals surface area contributed by atoms with E-state index in [9.17, 15) is 14.7 Å². The molecule has 1 amide bonds. The number of para-hydroxylation sites is 1. The minimum Gasteiger partial charge on any atom is -0.507 e. The standard InChI is InChI=1S/C20H15BrN2O3S2/c21-17-7-3-6-16(22-17)20(12-8-9-27-11-12)10-14(25)18(19(26)23-20)28-15-5-2-1-4-13(15)24/h1-9,11,18,24H,10H2,(H,23,26). The summed E-state index contributed by atoms with van der Waals surface area (Å²) >= 11 is 5.94. The van der Waals surface area contributed by atoms with Gasteiger partial charge in [0.1, 0.15) is 21.1 Å². The summed E-state index contributed by atoms with van der Waals surface area (Å²) in [5, 5.41) is 16.0. The lowest BCUT2D eigenvalue weighted by Gasteiger charge is -2.39. The van der Waals surface area contributed by atoms with Gasteiger partial charge in [-0.2, -0.15) is 11.3 Å². The molecule has 1 aliphatic rings. The predicted molar refractivity (Wildman–Crippen MR) is 113 cm³/mol. The fourth-order valence-corrected chi connectivity index (χ4v) is 5.31. The zero-order valence-corrected chi connectivity index (χ0v) is 17.7. The molecule has 0 spiro atoms. The number of aromatic hydroxyl groups is 1. The van der Waals surface area contributed by atoms with E-state index >= 15 is 0 Å². The molecule has 0 radical (unpaired) electrons. The average Bonchev–Trinajstić information content (AvgIpc) is 3.21. The fourth-order valence-electron chi connectivity index (χ4n) is 3.25. The third kappa shape index (κ3) is 3.47. The van der Waals surface area contributed by atoms with E-state index in [4.69, 9.17) is 0 Å². The molecule has 3 aromatic rings. The molecule has 4 rings (SSSR count). The van der Waals surface area contributed by atoms with Crippen molar-refractivity contribution in [2.75, 3.05) is 0 Å². The van der Waals surface area contributed by atoms with Crippen LogP contribution >= 0.6 is 39.0 Å². The number of pyridine rings is 1. The average molecular weight is 475 g/mol. The number of phenols is 1. The number of hydrogen-bond donors (Lipinski definition) is 2.